The summed E-state index contributed by atoms with van der Waals surface area (Å²) in [6.07, 6.45) is -0.00530. The van der Waals surface area contributed by atoms with Gasteiger partial charge in [-0.1, -0.05) is 13.8 Å². The minimum Gasteiger partial charge on any atom is -0.393 e. The molecule has 2 fully saturated rings. The van der Waals surface area contributed by atoms with Gasteiger partial charge in [-0.3, -0.25) is 4.79 Å². The highest BCUT2D eigenvalue weighted by Gasteiger charge is 2.52. The number of aliphatic hydroxyl groups is 1. The van der Waals surface area contributed by atoms with Gasteiger partial charge >= 0.3 is 0 Å². The molecule has 1 aromatic carbocycles. The fourth-order valence-corrected chi connectivity index (χ4v) is 4.52. The summed E-state index contributed by atoms with van der Waals surface area (Å²) in [5.74, 6) is -14.4. The van der Waals surface area contributed by atoms with Crippen LogP contribution in [-0.4, -0.2) is 17.0 Å². The van der Waals surface area contributed by atoms with E-state index >= 15 is 0 Å². The van der Waals surface area contributed by atoms with Crippen molar-refractivity contribution in [2.75, 3.05) is 0 Å². The van der Waals surface area contributed by atoms with E-state index in [0.717, 1.165) is 0 Å². The lowest BCUT2D eigenvalue weighted by Gasteiger charge is -2.49. The molecule has 0 saturated heterocycles. The van der Waals surface area contributed by atoms with Crippen LogP contribution in [0.3, 0.4) is 0 Å². The molecule has 0 radical (unpaired) electrons. The summed E-state index contributed by atoms with van der Waals surface area (Å²) in [5.41, 5.74) is -3.34. The van der Waals surface area contributed by atoms with Crippen LogP contribution in [0.25, 0.3) is 5.83 Å². The van der Waals surface area contributed by atoms with Gasteiger partial charge < -0.3 is 5.11 Å². The van der Waals surface area contributed by atoms with E-state index in [-0.39, 0.29) is 31.1 Å². The minimum absolute atomic E-state index is 0.207. The monoisotopic (exact) mass is 392 g/mol. The van der Waals surface area contributed by atoms with Crippen LogP contribution in [-0.2, 0) is 4.79 Å². The standard InChI is InChI=1S/C19H18F6O2/c1-7-9-4-3-8(18(27)19(9,2)6-5-10(7)26)12(20)11-13(21)15(23)17(25)16(24)14(11)22/h7,9-10,26H,3-6H2,1-2H3/t7-,9?,10?,19-/m0/s1. The van der Waals surface area contributed by atoms with Gasteiger partial charge in [0.1, 0.15) is 5.83 Å². The number of carbonyl (C=O) groups is 1. The number of halogens is 6. The van der Waals surface area contributed by atoms with E-state index in [2.05, 4.69) is 0 Å². The molecule has 1 aromatic rings. The Labute approximate surface area is 151 Å². The van der Waals surface area contributed by atoms with Crippen molar-refractivity contribution in [3.63, 3.8) is 0 Å². The van der Waals surface area contributed by atoms with Gasteiger partial charge in [0, 0.05) is 11.0 Å². The van der Waals surface area contributed by atoms with Crippen molar-refractivity contribution in [3.8, 4) is 0 Å². The van der Waals surface area contributed by atoms with E-state index in [9.17, 15) is 36.2 Å². The number of benzene rings is 1. The van der Waals surface area contributed by atoms with E-state index in [1.807, 2.05) is 0 Å². The number of aliphatic hydroxyl groups excluding tert-OH is 1. The van der Waals surface area contributed by atoms with E-state index in [4.69, 9.17) is 0 Å². The van der Waals surface area contributed by atoms with Crippen molar-refractivity contribution in [2.24, 2.45) is 17.3 Å². The molecule has 0 amide bonds. The van der Waals surface area contributed by atoms with Gasteiger partial charge in [-0.05, 0) is 37.5 Å². The number of rotatable bonds is 1. The molecule has 0 bridgehead atoms. The molecule has 2 aliphatic rings. The van der Waals surface area contributed by atoms with Gasteiger partial charge in [-0.2, -0.15) is 0 Å². The van der Waals surface area contributed by atoms with Crippen LogP contribution in [0.4, 0.5) is 26.3 Å². The first kappa shape index (κ1) is 19.9. The second kappa shape index (κ2) is 6.65. The zero-order chi connectivity index (χ0) is 20.3. The summed E-state index contributed by atoms with van der Waals surface area (Å²) in [6, 6.07) is 0. The number of allylic oxidation sites excluding steroid dienone is 1. The van der Waals surface area contributed by atoms with E-state index < -0.39 is 63.4 Å². The SMILES string of the molecule is C[C@@H]1C(O)CC[C@]2(C)C(=O)C(=C(F)c3c(F)c(F)c(F)c(F)c3F)CCC12. The molecule has 2 unspecified atom stereocenters. The average Bonchev–Trinajstić information content (AvgIpc) is 2.63. The topological polar surface area (TPSA) is 37.3 Å². The van der Waals surface area contributed by atoms with Crippen molar-refractivity contribution < 1.29 is 36.2 Å². The largest absolute Gasteiger partial charge is 0.393 e. The van der Waals surface area contributed by atoms with Crippen molar-refractivity contribution in [1.29, 1.82) is 0 Å². The lowest BCUT2D eigenvalue weighted by atomic mass is 9.54. The third-order valence-electron chi connectivity index (χ3n) is 6.21. The third kappa shape index (κ3) is 2.80. The first-order valence-electron chi connectivity index (χ1n) is 8.65. The van der Waals surface area contributed by atoms with Gasteiger partial charge in [-0.15, -0.1) is 0 Å². The molecular formula is C19H18F6O2. The maximum atomic E-state index is 14.9. The molecule has 2 nitrogen and oxygen atoms in total. The van der Waals surface area contributed by atoms with Gasteiger partial charge in [0.05, 0.1) is 11.7 Å². The van der Waals surface area contributed by atoms with Crippen LogP contribution in [0.15, 0.2) is 5.57 Å². The number of hydrogen-bond donors (Lipinski definition) is 1. The normalized spacial score (nSPS) is 33.1. The van der Waals surface area contributed by atoms with Crippen molar-refractivity contribution in [3.05, 3.63) is 40.2 Å². The summed E-state index contributed by atoms with van der Waals surface area (Å²) in [4.78, 5) is 12.9. The van der Waals surface area contributed by atoms with Gasteiger partial charge in [0.25, 0.3) is 0 Å². The molecule has 0 spiro atoms. The van der Waals surface area contributed by atoms with Crippen molar-refractivity contribution >= 4 is 11.6 Å². The molecule has 0 aromatic heterocycles. The number of fused-ring (bicyclic) bond motifs is 1. The third-order valence-corrected chi connectivity index (χ3v) is 6.21. The second-order valence-electron chi connectivity index (χ2n) is 7.59. The number of carbonyl (C=O) groups excluding carboxylic acids is 1. The molecule has 2 aliphatic carbocycles. The molecule has 8 heteroatoms. The zero-order valence-corrected chi connectivity index (χ0v) is 14.7. The average molecular weight is 392 g/mol. The Kier molecular flexibility index (Phi) is 4.91. The maximum Gasteiger partial charge on any atom is 0.200 e. The Hall–Kier alpha value is -1.83. The summed E-state index contributed by atoms with van der Waals surface area (Å²) in [6.45, 7) is 3.36. The van der Waals surface area contributed by atoms with E-state index in [0.29, 0.717) is 6.42 Å². The molecule has 27 heavy (non-hydrogen) atoms. The Morgan fingerprint density at radius 3 is 2.07 bits per heavy atom. The maximum absolute atomic E-state index is 14.9. The number of hydrogen-bond acceptors (Lipinski definition) is 2. The highest BCUT2D eigenvalue weighted by atomic mass is 19.2. The quantitative estimate of drug-likeness (QED) is 0.321. The summed E-state index contributed by atoms with van der Waals surface area (Å²) < 4.78 is 82.7. The summed E-state index contributed by atoms with van der Waals surface area (Å²) in [5, 5.41) is 10.0. The second-order valence-corrected chi connectivity index (χ2v) is 7.59. The van der Waals surface area contributed by atoms with Crippen LogP contribution < -0.4 is 0 Å². The van der Waals surface area contributed by atoms with Crippen LogP contribution in [0.1, 0.15) is 45.1 Å². The van der Waals surface area contributed by atoms with E-state index in [1.54, 1.807) is 13.8 Å². The predicted molar refractivity (Wildman–Crippen MR) is 84.5 cm³/mol. The lowest BCUT2D eigenvalue weighted by Crippen LogP contribution is -2.50. The fraction of sp³-hybridized carbons (Fsp3) is 0.526. The summed E-state index contributed by atoms with van der Waals surface area (Å²) >= 11 is 0. The van der Waals surface area contributed by atoms with Crippen LogP contribution >= 0.6 is 0 Å². The highest BCUT2D eigenvalue weighted by Crippen LogP contribution is 2.53. The van der Waals surface area contributed by atoms with Crippen LogP contribution in [0, 0.1) is 46.3 Å². The summed E-state index contributed by atoms with van der Waals surface area (Å²) in [7, 11) is 0. The molecule has 1 N–H and O–H groups in total. The molecule has 3 rings (SSSR count). The van der Waals surface area contributed by atoms with Crippen LogP contribution in [0.2, 0.25) is 0 Å². The Morgan fingerprint density at radius 1 is 1.00 bits per heavy atom. The van der Waals surface area contributed by atoms with Gasteiger partial charge in [-0.25, -0.2) is 26.3 Å². The highest BCUT2D eigenvalue weighted by molar-refractivity contribution is 6.05. The first-order valence-corrected chi connectivity index (χ1v) is 8.65. The van der Waals surface area contributed by atoms with Gasteiger partial charge in [0.15, 0.2) is 29.1 Å². The lowest BCUT2D eigenvalue weighted by molar-refractivity contribution is -0.138. The van der Waals surface area contributed by atoms with Crippen LogP contribution in [0.5, 0.6) is 0 Å². The van der Waals surface area contributed by atoms with Crippen molar-refractivity contribution in [1.82, 2.24) is 0 Å². The molecular weight excluding hydrogens is 374 g/mol. The number of ketones is 1. The van der Waals surface area contributed by atoms with Crippen molar-refractivity contribution in [2.45, 2.75) is 45.6 Å². The molecule has 2 saturated carbocycles. The molecule has 0 heterocycles. The fourth-order valence-electron chi connectivity index (χ4n) is 4.52. The Morgan fingerprint density at radius 2 is 1.52 bits per heavy atom. The molecule has 4 atom stereocenters. The Balaban J connectivity index is 2.12. The Bertz CT molecular complexity index is 820. The van der Waals surface area contributed by atoms with E-state index in [1.165, 1.54) is 0 Å². The zero-order valence-electron chi connectivity index (χ0n) is 14.7. The van der Waals surface area contributed by atoms with Gasteiger partial charge in [0.2, 0.25) is 5.82 Å². The number of Topliss-reactive ketones (excluding diaryl/α,β-unsaturated/α-hetero) is 1. The predicted octanol–water partition coefficient (Wildman–Crippen LogP) is 4.84. The smallest absolute Gasteiger partial charge is 0.200 e. The first-order chi connectivity index (χ1) is 12.5. The molecule has 148 valence electrons. The molecule has 0 aliphatic heterocycles. The minimum atomic E-state index is -2.39.